The molecule has 0 fully saturated rings. The molecule has 0 aliphatic heterocycles. The van der Waals surface area contributed by atoms with Crippen LogP contribution >= 0.6 is 11.6 Å². The van der Waals surface area contributed by atoms with Crippen LogP contribution < -0.4 is 0 Å². The summed E-state index contributed by atoms with van der Waals surface area (Å²) in [6.07, 6.45) is 0. The molecule has 1 heterocycles. The first-order chi connectivity index (χ1) is 19.2. The van der Waals surface area contributed by atoms with Gasteiger partial charge in [-0.25, -0.2) is 15.0 Å². The SMILES string of the molecule is Clc1ccc(-c2nc(-c3ccc4ccccc4c3)nc(-c3ccc4ccccc4c3)n2)cc1-c1ccccc1. The highest BCUT2D eigenvalue weighted by atomic mass is 35.5. The molecule has 0 saturated heterocycles. The summed E-state index contributed by atoms with van der Waals surface area (Å²) in [6.45, 7) is 0. The maximum atomic E-state index is 6.63. The number of rotatable bonds is 4. The van der Waals surface area contributed by atoms with Crippen molar-refractivity contribution in [3.63, 3.8) is 0 Å². The second-order valence-corrected chi connectivity index (χ2v) is 9.90. The van der Waals surface area contributed by atoms with E-state index >= 15 is 0 Å². The fraction of sp³-hybridized carbons (Fsp3) is 0. The summed E-state index contributed by atoms with van der Waals surface area (Å²) in [7, 11) is 0. The minimum Gasteiger partial charge on any atom is -0.208 e. The normalized spacial score (nSPS) is 11.2. The average molecular weight is 520 g/mol. The molecule has 3 nitrogen and oxygen atoms in total. The predicted molar refractivity (Wildman–Crippen MR) is 162 cm³/mol. The van der Waals surface area contributed by atoms with E-state index in [-0.39, 0.29) is 0 Å². The number of fused-ring (bicyclic) bond motifs is 2. The van der Waals surface area contributed by atoms with Crippen LogP contribution in [0.5, 0.6) is 0 Å². The highest BCUT2D eigenvalue weighted by Gasteiger charge is 2.15. The molecule has 39 heavy (non-hydrogen) atoms. The highest BCUT2D eigenvalue weighted by molar-refractivity contribution is 6.33. The molecule has 0 N–H and O–H groups in total. The molecule has 1 aromatic heterocycles. The Labute approximate surface area is 231 Å². The topological polar surface area (TPSA) is 38.7 Å². The van der Waals surface area contributed by atoms with Gasteiger partial charge in [0.15, 0.2) is 17.5 Å². The van der Waals surface area contributed by atoms with Crippen molar-refractivity contribution in [2.24, 2.45) is 0 Å². The minimum atomic E-state index is 0.602. The van der Waals surface area contributed by atoms with Gasteiger partial charge in [-0.1, -0.05) is 115 Å². The zero-order valence-electron chi connectivity index (χ0n) is 20.9. The molecule has 0 radical (unpaired) electrons. The second kappa shape index (κ2) is 9.79. The molecule has 0 aliphatic carbocycles. The van der Waals surface area contributed by atoms with Gasteiger partial charge in [0.2, 0.25) is 0 Å². The predicted octanol–water partition coefficient (Wildman–Crippen LogP) is 9.50. The molecule has 0 unspecified atom stereocenters. The smallest absolute Gasteiger partial charge is 0.164 e. The third-order valence-corrected chi connectivity index (χ3v) is 7.29. The van der Waals surface area contributed by atoms with E-state index in [9.17, 15) is 0 Å². The van der Waals surface area contributed by atoms with E-state index in [1.54, 1.807) is 0 Å². The number of benzene rings is 6. The van der Waals surface area contributed by atoms with Crippen LogP contribution in [-0.4, -0.2) is 15.0 Å². The standard InChI is InChI=1S/C35H22ClN3/c36-32-19-18-30(22-31(32)25-10-2-1-3-11-25)35-38-33(28-16-14-23-8-4-6-12-26(23)20-28)37-34(39-35)29-17-15-24-9-5-7-13-27(24)21-29/h1-22H. The van der Waals surface area contributed by atoms with Crippen LogP contribution in [0.25, 0.3) is 66.8 Å². The first-order valence-electron chi connectivity index (χ1n) is 12.8. The number of hydrogen-bond donors (Lipinski definition) is 0. The lowest BCUT2D eigenvalue weighted by molar-refractivity contribution is 1.08. The summed E-state index contributed by atoms with van der Waals surface area (Å²) in [4.78, 5) is 14.9. The quantitative estimate of drug-likeness (QED) is 0.232. The van der Waals surface area contributed by atoms with Crippen molar-refractivity contribution in [1.29, 1.82) is 0 Å². The lowest BCUT2D eigenvalue weighted by Gasteiger charge is -2.11. The van der Waals surface area contributed by atoms with Crippen LogP contribution in [0, 0.1) is 0 Å². The van der Waals surface area contributed by atoms with Crippen molar-refractivity contribution in [1.82, 2.24) is 15.0 Å². The Bertz CT molecular complexity index is 1890. The molecule has 0 spiro atoms. The lowest BCUT2D eigenvalue weighted by atomic mass is 10.0. The van der Waals surface area contributed by atoms with E-state index in [0.29, 0.717) is 22.5 Å². The van der Waals surface area contributed by atoms with Gasteiger partial charge in [-0.15, -0.1) is 0 Å². The van der Waals surface area contributed by atoms with Crippen molar-refractivity contribution in [3.05, 3.63) is 138 Å². The zero-order chi connectivity index (χ0) is 26.2. The van der Waals surface area contributed by atoms with Gasteiger partial charge in [0.25, 0.3) is 0 Å². The van der Waals surface area contributed by atoms with Gasteiger partial charge < -0.3 is 0 Å². The average Bonchev–Trinajstić information content (AvgIpc) is 3.01. The van der Waals surface area contributed by atoms with E-state index in [2.05, 4.69) is 78.9 Å². The summed E-state index contributed by atoms with van der Waals surface area (Å²) in [5.74, 6) is 1.86. The van der Waals surface area contributed by atoms with Gasteiger partial charge in [0, 0.05) is 27.3 Å². The van der Waals surface area contributed by atoms with E-state index < -0.39 is 0 Å². The van der Waals surface area contributed by atoms with Crippen molar-refractivity contribution < 1.29 is 0 Å². The summed E-state index contributed by atoms with van der Waals surface area (Å²) < 4.78 is 0. The first kappa shape index (κ1) is 23.3. The second-order valence-electron chi connectivity index (χ2n) is 9.49. The van der Waals surface area contributed by atoms with Crippen LogP contribution in [0.4, 0.5) is 0 Å². The molecule has 0 aliphatic rings. The summed E-state index contributed by atoms with van der Waals surface area (Å²) in [6, 6.07) is 45.3. The molecule has 0 bridgehead atoms. The van der Waals surface area contributed by atoms with Gasteiger partial charge in [-0.2, -0.15) is 0 Å². The van der Waals surface area contributed by atoms with E-state index in [1.165, 1.54) is 10.8 Å². The Hall–Kier alpha value is -4.86. The fourth-order valence-corrected chi connectivity index (χ4v) is 5.15. The Morgan fingerprint density at radius 3 is 1.33 bits per heavy atom. The fourth-order valence-electron chi connectivity index (χ4n) is 4.92. The van der Waals surface area contributed by atoms with Crippen LogP contribution in [0.2, 0.25) is 5.02 Å². The Balaban J connectivity index is 1.43. The minimum absolute atomic E-state index is 0.602. The van der Waals surface area contributed by atoms with Crippen LogP contribution in [0.3, 0.4) is 0 Å². The number of halogens is 1. The van der Waals surface area contributed by atoms with Gasteiger partial charge >= 0.3 is 0 Å². The van der Waals surface area contributed by atoms with Crippen molar-refractivity contribution in [2.45, 2.75) is 0 Å². The van der Waals surface area contributed by atoms with Crippen LogP contribution in [0.15, 0.2) is 133 Å². The van der Waals surface area contributed by atoms with E-state index in [0.717, 1.165) is 38.6 Å². The molecule has 0 saturated carbocycles. The summed E-state index contributed by atoms with van der Waals surface area (Å²) >= 11 is 6.63. The largest absolute Gasteiger partial charge is 0.208 e. The Morgan fingerprint density at radius 2 is 0.795 bits per heavy atom. The third kappa shape index (κ3) is 4.54. The molecule has 0 amide bonds. The molecule has 6 aromatic carbocycles. The number of aromatic nitrogens is 3. The lowest BCUT2D eigenvalue weighted by Crippen LogP contribution is -2.00. The van der Waals surface area contributed by atoms with Crippen molar-refractivity contribution in [2.75, 3.05) is 0 Å². The monoisotopic (exact) mass is 519 g/mol. The maximum Gasteiger partial charge on any atom is 0.164 e. The third-order valence-electron chi connectivity index (χ3n) is 6.96. The van der Waals surface area contributed by atoms with E-state index in [4.69, 9.17) is 26.6 Å². The van der Waals surface area contributed by atoms with Crippen LogP contribution in [0.1, 0.15) is 0 Å². The molecular formula is C35H22ClN3. The Kier molecular flexibility index (Phi) is 5.84. The molecule has 7 rings (SSSR count). The summed E-state index contributed by atoms with van der Waals surface area (Å²) in [5, 5.41) is 5.32. The molecule has 184 valence electrons. The van der Waals surface area contributed by atoms with Gasteiger partial charge in [-0.3, -0.25) is 0 Å². The van der Waals surface area contributed by atoms with Gasteiger partial charge in [0.1, 0.15) is 0 Å². The van der Waals surface area contributed by atoms with Crippen molar-refractivity contribution >= 4 is 33.1 Å². The zero-order valence-corrected chi connectivity index (χ0v) is 21.7. The molecular weight excluding hydrogens is 498 g/mol. The molecule has 0 atom stereocenters. The van der Waals surface area contributed by atoms with Crippen molar-refractivity contribution in [3.8, 4) is 45.3 Å². The molecule has 4 heteroatoms. The van der Waals surface area contributed by atoms with Crippen LogP contribution in [-0.2, 0) is 0 Å². The maximum absolute atomic E-state index is 6.63. The number of hydrogen-bond acceptors (Lipinski definition) is 3. The molecule has 7 aromatic rings. The van der Waals surface area contributed by atoms with E-state index in [1.807, 2.05) is 54.6 Å². The highest BCUT2D eigenvalue weighted by Crippen LogP contribution is 2.33. The number of nitrogens with zero attached hydrogens (tertiary/aromatic N) is 3. The Morgan fingerprint density at radius 1 is 0.359 bits per heavy atom. The van der Waals surface area contributed by atoms with Gasteiger partial charge in [-0.05, 0) is 57.4 Å². The summed E-state index contributed by atoms with van der Waals surface area (Å²) in [5.41, 5.74) is 4.75. The van der Waals surface area contributed by atoms with Gasteiger partial charge in [0.05, 0.1) is 0 Å². The first-order valence-corrected chi connectivity index (χ1v) is 13.2.